The number of aromatic nitrogens is 1. The average Bonchev–Trinajstić information content (AvgIpc) is 2.40. The van der Waals surface area contributed by atoms with Gasteiger partial charge in [0.2, 0.25) is 0 Å². The van der Waals surface area contributed by atoms with Crippen molar-refractivity contribution in [2.45, 2.75) is 13.8 Å². The number of amides is 2. The third kappa shape index (κ3) is 3.77. The Kier molecular flexibility index (Phi) is 4.55. The number of hydrogen-bond acceptors (Lipinski definition) is 2. The zero-order valence-corrected chi connectivity index (χ0v) is 12.9. The molecule has 0 aliphatic carbocycles. The summed E-state index contributed by atoms with van der Waals surface area (Å²) in [4.78, 5) is 11.9. The number of benzene rings is 1. The summed E-state index contributed by atoms with van der Waals surface area (Å²) in [6, 6.07) is 7.53. The molecule has 7 heteroatoms. The predicted octanol–water partition coefficient (Wildman–Crippen LogP) is 3.89. The largest absolute Gasteiger partial charge is 0.618 e. The lowest BCUT2D eigenvalue weighted by molar-refractivity contribution is -0.618. The van der Waals surface area contributed by atoms with Crippen LogP contribution >= 0.6 is 23.2 Å². The molecule has 110 valence electrons. The first kappa shape index (κ1) is 15.4. The number of hydrogen-bond donors (Lipinski definition) is 2. The van der Waals surface area contributed by atoms with Crippen LogP contribution in [0.2, 0.25) is 10.0 Å². The van der Waals surface area contributed by atoms with Gasteiger partial charge in [-0.15, -0.1) is 0 Å². The molecule has 0 atom stereocenters. The molecule has 2 rings (SSSR count). The van der Waals surface area contributed by atoms with Crippen LogP contribution in [0.5, 0.6) is 0 Å². The minimum Gasteiger partial charge on any atom is -0.618 e. The number of carbonyl (C=O) groups is 1. The molecule has 1 heterocycles. The number of anilines is 2. The van der Waals surface area contributed by atoms with Crippen molar-refractivity contribution in [3.63, 3.8) is 0 Å². The molecule has 21 heavy (non-hydrogen) atoms. The van der Waals surface area contributed by atoms with Crippen molar-refractivity contribution in [3.8, 4) is 0 Å². The monoisotopic (exact) mass is 325 g/mol. The molecule has 0 aliphatic heterocycles. The van der Waals surface area contributed by atoms with Crippen LogP contribution in [0.15, 0.2) is 30.3 Å². The lowest BCUT2D eigenvalue weighted by Crippen LogP contribution is -2.34. The quantitative estimate of drug-likeness (QED) is 0.649. The van der Waals surface area contributed by atoms with E-state index in [4.69, 9.17) is 23.2 Å². The smallest absolute Gasteiger partial charge is 0.323 e. The van der Waals surface area contributed by atoms with Gasteiger partial charge in [-0.2, -0.15) is 4.73 Å². The van der Waals surface area contributed by atoms with E-state index in [1.807, 2.05) is 0 Å². The standard InChI is InChI=1S/C14H13Cl2N3O2/c1-8-5-11(6-9(2)19(8)21)18-14(20)17-10-3-4-12(15)13(16)7-10/h3-7H,1-2H3,(H2,17,18,20). The number of halogens is 2. The Labute approximate surface area is 132 Å². The van der Waals surface area contributed by atoms with Gasteiger partial charge in [0.05, 0.1) is 15.7 Å². The Morgan fingerprint density at radius 3 is 2.14 bits per heavy atom. The molecule has 2 aromatic rings. The van der Waals surface area contributed by atoms with Gasteiger partial charge >= 0.3 is 6.03 Å². The highest BCUT2D eigenvalue weighted by atomic mass is 35.5. The fraction of sp³-hybridized carbons (Fsp3) is 0.143. The number of urea groups is 1. The van der Waals surface area contributed by atoms with Gasteiger partial charge in [0.25, 0.3) is 0 Å². The molecule has 0 aliphatic rings. The highest BCUT2D eigenvalue weighted by Crippen LogP contribution is 2.25. The maximum Gasteiger partial charge on any atom is 0.323 e. The van der Waals surface area contributed by atoms with Gasteiger partial charge < -0.3 is 15.8 Å². The summed E-state index contributed by atoms with van der Waals surface area (Å²) in [6.07, 6.45) is 0. The van der Waals surface area contributed by atoms with E-state index in [0.717, 1.165) is 4.73 Å². The Morgan fingerprint density at radius 1 is 1.00 bits per heavy atom. The number of rotatable bonds is 2. The summed E-state index contributed by atoms with van der Waals surface area (Å²) in [6.45, 7) is 3.34. The van der Waals surface area contributed by atoms with Crippen molar-refractivity contribution >= 4 is 40.6 Å². The van der Waals surface area contributed by atoms with E-state index in [1.54, 1.807) is 44.2 Å². The Bertz CT molecular complexity index is 682. The first-order valence-corrected chi connectivity index (χ1v) is 6.86. The number of nitrogens with one attached hydrogen (secondary N) is 2. The molecule has 0 radical (unpaired) electrons. The molecule has 1 aromatic heterocycles. The van der Waals surface area contributed by atoms with Gasteiger partial charge in [0.1, 0.15) is 0 Å². The van der Waals surface area contributed by atoms with Crippen molar-refractivity contribution in [1.29, 1.82) is 0 Å². The second-order valence-corrected chi connectivity index (χ2v) is 5.34. The first-order chi connectivity index (χ1) is 9.86. The summed E-state index contributed by atoms with van der Waals surface area (Å²) < 4.78 is 0.794. The summed E-state index contributed by atoms with van der Waals surface area (Å²) in [5, 5.41) is 17.6. The number of carbonyl (C=O) groups excluding carboxylic acids is 1. The highest BCUT2D eigenvalue weighted by molar-refractivity contribution is 6.42. The van der Waals surface area contributed by atoms with E-state index < -0.39 is 6.03 Å². The van der Waals surface area contributed by atoms with Crippen LogP contribution in [-0.4, -0.2) is 6.03 Å². The lowest BCUT2D eigenvalue weighted by atomic mass is 10.3. The van der Waals surface area contributed by atoms with Crippen molar-refractivity contribution in [1.82, 2.24) is 0 Å². The Hall–Kier alpha value is -1.98. The number of pyridine rings is 1. The molecule has 0 unspecified atom stereocenters. The molecule has 0 spiro atoms. The third-order valence-corrected chi connectivity index (χ3v) is 3.54. The summed E-state index contributed by atoms with van der Waals surface area (Å²) in [7, 11) is 0. The third-order valence-electron chi connectivity index (χ3n) is 2.80. The van der Waals surface area contributed by atoms with Crippen LogP contribution in [0, 0.1) is 19.1 Å². The van der Waals surface area contributed by atoms with Gasteiger partial charge in [-0.3, -0.25) is 0 Å². The molecule has 1 aromatic carbocycles. The summed E-state index contributed by atoms with van der Waals surface area (Å²) in [5.74, 6) is 0. The van der Waals surface area contributed by atoms with E-state index in [1.165, 1.54) is 0 Å². The van der Waals surface area contributed by atoms with Gasteiger partial charge in [0, 0.05) is 31.7 Å². The van der Waals surface area contributed by atoms with Crippen molar-refractivity contribution < 1.29 is 9.52 Å². The van der Waals surface area contributed by atoms with Crippen LogP contribution in [0.25, 0.3) is 0 Å². The number of nitrogens with zero attached hydrogens (tertiary/aromatic N) is 1. The SMILES string of the molecule is Cc1cc(NC(=O)Nc2ccc(Cl)c(Cl)c2)cc(C)[n+]1[O-]. The molecular formula is C14H13Cl2N3O2. The second kappa shape index (κ2) is 6.20. The van der Waals surface area contributed by atoms with Crippen LogP contribution in [0.4, 0.5) is 16.2 Å². The lowest BCUT2D eigenvalue weighted by Gasteiger charge is -2.10. The Balaban J connectivity index is 2.09. The van der Waals surface area contributed by atoms with Crippen LogP contribution in [-0.2, 0) is 0 Å². The first-order valence-electron chi connectivity index (χ1n) is 6.10. The van der Waals surface area contributed by atoms with Gasteiger partial charge in [-0.25, -0.2) is 4.79 Å². The molecule has 2 N–H and O–H groups in total. The molecule has 0 bridgehead atoms. The summed E-state index contributed by atoms with van der Waals surface area (Å²) in [5.41, 5.74) is 2.06. The van der Waals surface area contributed by atoms with Gasteiger partial charge in [0.15, 0.2) is 11.4 Å². The minimum atomic E-state index is -0.434. The van der Waals surface area contributed by atoms with E-state index in [-0.39, 0.29) is 0 Å². The van der Waals surface area contributed by atoms with Crippen molar-refractivity contribution in [2.24, 2.45) is 0 Å². The highest BCUT2D eigenvalue weighted by Gasteiger charge is 2.10. The van der Waals surface area contributed by atoms with E-state index in [2.05, 4.69) is 10.6 Å². The van der Waals surface area contributed by atoms with E-state index in [0.29, 0.717) is 32.8 Å². The molecule has 5 nitrogen and oxygen atoms in total. The predicted molar refractivity (Wildman–Crippen MR) is 84.0 cm³/mol. The fourth-order valence-electron chi connectivity index (χ4n) is 1.83. The van der Waals surface area contributed by atoms with Crippen LogP contribution in [0.1, 0.15) is 11.4 Å². The molecule has 0 fully saturated rings. The van der Waals surface area contributed by atoms with E-state index in [9.17, 15) is 10.0 Å². The second-order valence-electron chi connectivity index (χ2n) is 4.53. The fourth-order valence-corrected chi connectivity index (χ4v) is 2.12. The molecular weight excluding hydrogens is 313 g/mol. The summed E-state index contributed by atoms with van der Waals surface area (Å²) >= 11 is 11.7. The normalized spacial score (nSPS) is 10.3. The van der Waals surface area contributed by atoms with Crippen LogP contribution in [0.3, 0.4) is 0 Å². The average molecular weight is 326 g/mol. The number of aryl methyl sites for hydroxylation is 2. The maximum absolute atomic E-state index is 11.9. The van der Waals surface area contributed by atoms with E-state index >= 15 is 0 Å². The minimum absolute atomic E-state index is 0.355. The molecule has 0 saturated heterocycles. The van der Waals surface area contributed by atoms with Crippen molar-refractivity contribution in [2.75, 3.05) is 10.6 Å². The molecule has 2 amide bonds. The van der Waals surface area contributed by atoms with Crippen LogP contribution < -0.4 is 15.4 Å². The zero-order valence-electron chi connectivity index (χ0n) is 11.4. The topological polar surface area (TPSA) is 68.1 Å². The van der Waals surface area contributed by atoms with Gasteiger partial charge in [-0.1, -0.05) is 23.2 Å². The maximum atomic E-state index is 11.9. The van der Waals surface area contributed by atoms with Crippen molar-refractivity contribution in [3.05, 3.63) is 57.0 Å². The zero-order chi connectivity index (χ0) is 15.6. The Morgan fingerprint density at radius 2 is 1.57 bits per heavy atom. The van der Waals surface area contributed by atoms with Gasteiger partial charge in [-0.05, 0) is 18.2 Å². The molecule has 0 saturated carbocycles.